The van der Waals surface area contributed by atoms with E-state index < -0.39 is 6.10 Å². The SMILES string of the molecule is OC(Cc1ccc(I)cc1)c1cc(Br)c2c(c1)OCO2. The van der Waals surface area contributed by atoms with Crippen LogP contribution in [0.3, 0.4) is 0 Å². The summed E-state index contributed by atoms with van der Waals surface area (Å²) in [4.78, 5) is 0. The van der Waals surface area contributed by atoms with Gasteiger partial charge in [0.25, 0.3) is 0 Å². The second-order valence-corrected chi connectivity index (χ2v) is 6.68. The Balaban J connectivity index is 1.82. The van der Waals surface area contributed by atoms with Crippen molar-refractivity contribution in [2.75, 3.05) is 6.79 Å². The van der Waals surface area contributed by atoms with Crippen molar-refractivity contribution in [1.29, 1.82) is 0 Å². The minimum Gasteiger partial charge on any atom is -0.454 e. The first kappa shape index (κ1) is 14.2. The van der Waals surface area contributed by atoms with E-state index in [9.17, 15) is 5.11 Å². The fraction of sp³-hybridized carbons (Fsp3) is 0.200. The first-order valence-electron chi connectivity index (χ1n) is 6.15. The van der Waals surface area contributed by atoms with Crippen LogP contribution in [-0.4, -0.2) is 11.9 Å². The molecule has 0 aromatic heterocycles. The molecule has 20 heavy (non-hydrogen) atoms. The van der Waals surface area contributed by atoms with E-state index in [4.69, 9.17) is 9.47 Å². The van der Waals surface area contributed by atoms with Gasteiger partial charge in [0.2, 0.25) is 6.79 Å². The Hall–Kier alpha value is -0.790. The van der Waals surface area contributed by atoms with Gasteiger partial charge in [-0.25, -0.2) is 0 Å². The number of ether oxygens (including phenoxy) is 2. The zero-order valence-corrected chi connectivity index (χ0v) is 14.2. The van der Waals surface area contributed by atoms with Crippen LogP contribution in [0.1, 0.15) is 17.2 Å². The number of fused-ring (bicyclic) bond motifs is 1. The molecule has 3 nitrogen and oxygen atoms in total. The summed E-state index contributed by atoms with van der Waals surface area (Å²) in [6.45, 7) is 0.227. The standard InChI is InChI=1S/C15H12BrIO3/c16-12-6-10(7-14-15(12)20-8-19-14)13(18)5-9-1-3-11(17)4-2-9/h1-4,6-7,13,18H,5,8H2. The van der Waals surface area contributed by atoms with Crippen molar-refractivity contribution in [2.45, 2.75) is 12.5 Å². The van der Waals surface area contributed by atoms with Crippen LogP contribution in [0.15, 0.2) is 40.9 Å². The topological polar surface area (TPSA) is 38.7 Å². The van der Waals surface area contributed by atoms with E-state index in [1.54, 1.807) is 0 Å². The highest BCUT2D eigenvalue weighted by molar-refractivity contribution is 14.1. The molecule has 0 radical (unpaired) electrons. The van der Waals surface area contributed by atoms with Crippen molar-refractivity contribution >= 4 is 38.5 Å². The van der Waals surface area contributed by atoms with Crippen LogP contribution in [0.4, 0.5) is 0 Å². The molecule has 0 bridgehead atoms. The minimum atomic E-state index is -0.569. The van der Waals surface area contributed by atoms with E-state index >= 15 is 0 Å². The van der Waals surface area contributed by atoms with Gasteiger partial charge in [-0.15, -0.1) is 0 Å². The van der Waals surface area contributed by atoms with Crippen LogP contribution < -0.4 is 9.47 Å². The largest absolute Gasteiger partial charge is 0.454 e. The molecular weight excluding hydrogens is 435 g/mol. The number of benzene rings is 2. The Morgan fingerprint density at radius 3 is 2.70 bits per heavy atom. The lowest BCUT2D eigenvalue weighted by molar-refractivity contribution is 0.171. The molecule has 0 saturated heterocycles. The van der Waals surface area contributed by atoms with Crippen molar-refractivity contribution in [3.8, 4) is 11.5 Å². The summed E-state index contributed by atoms with van der Waals surface area (Å²) in [7, 11) is 0. The van der Waals surface area contributed by atoms with Gasteiger partial charge in [-0.2, -0.15) is 0 Å². The number of halogens is 2. The third-order valence-electron chi connectivity index (χ3n) is 3.18. The van der Waals surface area contributed by atoms with E-state index in [-0.39, 0.29) is 6.79 Å². The molecule has 1 N–H and O–H groups in total. The predicted molar refractivity (Wildman–Crippen MR) is 88.1 cm³/mol. The zero-order chi connectivity index (χ0) is 14.1. The average Bonchev–Trinajstić information content (AvgIpc) is 2.90. The first-order chi connectivity index (χ1) is 9.63. The van der Waals surface area contributed by atoms with Gasteiger partial charge >= 0.3 is 0 Å². The van der Waals surface area contributed by atoms with Gasteiger partial charge in [0, 0.05) is 9.99 Å². The van der Waals surface area contributed by atoms with Crippen molar-refractivity contribution in [2.24, 2.45) is 0 Å². The van der Waals surface area contributed by atoms with Gasteiger partial charge in [0.15, 0.2) is 11.5 Å². The summed E-state index contributed by atoms with van der Waals surface area (Å²) in [6.07, 6.45) is 0.00378. The van der Waals surface area contributed by atoms with Crippen LogP contribution in [0.2, 0.25) is 0 Å². The van der Waals surface area contributed by atoms with Crippen molar-refractivity contribution < 1.29 is 14.6 Å². The highest BCUT2D eigenvalue weighted by Gasteiger charge is 2.20. The van der Waals surface area contributed by atoms with Crippen LogP contribution in [0.25, 0.3) is 0 Å². The average molecular weight is 447 g/mol. The molecule has 1 heterocycles. The molecule has 1 aliphatic heterocycles. The van der Waals surface area contributed by atoms with E-state index in [1.165, 1.54) is 3.57 Å². The lowest BCUT2D eigenvalue weighted by Gasteiger charge is -2.13. The highest BCUT2D eigenvalue weighted by atomic mass is 127. The molecule has 1 unspecified atom stereocenters. The molecule has 0 saturated carbocycles. The smallest absolute Gasteiger partial charge is 0.231 e. The number of aliphatic hydroxyl groups excluding tert-OH is 1. The maximum Gasteiger partial charge on any atom is 0.231 e. The lowest BCUT2D eigenvalue weighted by atomic mass is 10.0. The van der Waals surface area contributed by atoms with Gasteiger partial charge in [-0.3, -0.25) is 0 Å². The molecule has 2 aromatic carbocycles. The minimum absolute atomic E-state index is 0.227. The summed E-state index contributed by atoms with van der Waals surface area (Å²) in [5, 5.41) is 10.4. The molecule has 0 spiro atoms. The summed E-state index contributed by atoms with van der Waals surface area (Å²) >= 11 is 5.71. The maximum absolute atomic E-state index is 10.4. The van der Waals surface area contributed by atoms with Gasteiger partial charge < -0.3 is 14.6 Å². The fourth-order valence-electron chi connectivity index (χ4n) is 2.14. The quantitative estimate of drug-likeness (QED) is 0.722. The lowest BCUT2D eigenvalue weighted by Crippen LogP contribution is -2.02. The van der Waals surface area contributed by atoms with E-state index in [1.807, 2.05) is 36.4 Å². The summed E-state index contributed by atoms with van der Waals surface area (Å²) in [5.74, 6) is 1.38. The summed E-state index contributed by atoms with van der Waals surface area (Å²) < 4.78 is 12.7. The first-order valence-corrected chi connectivity index (χ1v) is 8.02. The Kier molecular flexibility index (Phi) is 4.18. The molecule has 3 rings (SSSR count). The van der Waals surface area contributed by atoms with E-state index in [2.05, 4.69) is 38.5 Å². The Morgan fingerprint density at radius 2 is 1.95 bits per heavy atom. The Bertz CT molecular complexity index is 628. The van der Waals surface area contributed by atoms with Crippen LogP contribution in [0.5, 0.6) is 11.5 Å². The molecular formula is C15H12BrIO3. The molecule has 1 atom stereocenters. The van der Waals surface area contributed by atoms with Gasteiger partial charge in [0.05, 0.1) is 10.6 Å². The Morgan fingerprint density at radius 1 is 1.20 bits per heavy atom. The summed E-state index contributed by atoms with van der Waals surface area (Å²) in [6, 6.07) is 11.9. The van der Waals surface area contributed by atoms with Crippen molar-refractivity contribution in [1.82, 2.24) is 0 Å². The van der Waals surface area contributed by atoms with Crippen LogP contribution in [-0.2, 0) is 6.42 Å². The number of hydrogen-bond acceptors (Lipinski definition) is 3. The molecule has 104 valence electrons. The second kappa shape index (κ2) is 5.91. The highest BCUT2D eigenvalue weighted by Crippen LogP contribution is 2.41. The normalized spacial score (nSPS) is 14.3. The molecule has 1 aliphatic rings. The molecule has 0 aliphatic carbocycles. The van der Waals surface area contributed by atoms with Gasteiger partial charge in [-0.1, -0.05) is 12.1 Å². The number of hydrogen-bond donors (Lipinski definition) is 1. The third kappa shape index (κ3) is 2.94. The zero-order valence-electron chi connectivity index (χ0n) is 10.5. The van der Waals surface area contributed by atoms with Crippen molar-refractivity contribution in [3.63, 3.8) is 0 Å². The molecule has 0 amide bonds. The molecule has 0 fully saturated rings. The van der Waals surface area contributed by atoms with E-state index in [0.717, 1.165) is 15.6 Å². The van der Waals surface area contributed by atoms with Crippen LogP contribution in [0, 0.1) is 3.57 Å². The second-order valence-electron chi connectivity index (χ2n) is 4.58. The molecule has 5 heteroatoms. The van der Waals surface area contributed by atoms with Gasteiger partial charge in [0.1, 0.15) is 0 Å². The summed E-state index contributed by atoms with van der Waals surface area (Å²) in [5.41, 5.74) is 1.92. The third-order valence-corrected chi connectivity index (χ3v) is 4.48. The molecule has 2 aromatic rings. The monoisotopic (exact) mass is 446 g/mol. The maximum atomic E-state index is 10.4. The van der Waals surface area contributed by atoms with Crippen LogP contribution >= 0.6 is 38.5 Å². The number of aliphatic hydroxyl groups is 1. The predicted octanol–water partition coefficient (Wildman–Crippen LogP) is 4.06. The van der Waals surface area contributed by atoms with Crippen molar-refractivity contribution in [3.05, 3.63) is 55.6 Å². The number of rotatable bonds is 3. The van der Waals surface area contributed by atoms with Gasteiger partial charge in [-0.05, 0) is 73.9 Å². The van der Waals surface area contributed by atoms with E-state index in [0.29, 0.717) is 17.9 Å². The fourth-order valence-corrected chi connectivity index (χ4v) is 3.08. The Labute approximate surface area is 139 Å².